The number of pyridine rings is 1. The Labute approximate surface area is 239 Å². The van der Waals surface area contributed by atoms with Crippen LogP contribution in [0.5, 0.6) is 23.0 Å². The van der Waals surface area contributed by atoms with Gasteiger partial charge in [-0.1, -0.05) is 6.07 Å². The van der Waals surface area contributed by atoms with Crippen LogP contribution >= 0.6 is 0 Å². The van der Waals surface area contributed by atoms with Gasteiger partial charge < -0.3 is 33.4 Å². The van der Waals surface area contributed by atoms with Gasteiger partial charge in [-0.15, -0.1) is 0 Å². The number of hydrogen-bond acceptors (Lipinski definition) is 8. The van der Waals surface area contributed by atoms with Crippen molar-refractivity contribution in [3.05, 3.63) is 86.4 Å². The van der Waals surface area contributed by atoms with Crippen LogP contribution in [-0.4, -0.2) is 32.1 Å². The number of nitrogens with zero attached hydrogens (tertiary/aromatic N) is 1. The van der Waals surface area contributed by atoms with Gasteiger partial charge in [0.25, 0.3) is 0 Å². The number of fused-ring (bicyclic) bond motifs is 7. The predicted octanol–water partition coefficient (Wildman–Crippen LogP) is 5.34. The molecule has 214 valence electrons. The van der Waals surface area contributed by atoms with E-state index in [4.69, 9.17) is 18.6 Å². The second kappa shape index (κ2) is 8.62. The summed E-state index contributed by atoms with van der Waals surface area (Å²) in [5.41, 5.74) is -0.309. The van der Waals surface area contributed by atoms with E-state index in [1.807, 2.05) is 26.0 Å². The van der Waals surface area contributed by atoms with E-state index >= 15 is 0 Å². The molecule has 0 spiro atoms. The minimum atomic E-state index is -1.18. The Morgan fingerprint density at radius 3 is 2.50 bits per heavy atom. The molecule has 2 aliphatic rings. The molecule has 4 heterocycles. The highest BCUT2D eigenvalue weighted by molar-refractivity contribution is 6.03. The van der Waals surface area contributed by atoms with Gasteiger partial charge in [-0.3, -0.25) is 4.79 Å². The van der Waals surface area contributed by atoms with Crippen LogP contribution in [-0.2, 0) is 7.05 Å². The van der Waals surface area contributed by atoms with Gasteiger partial charge in [-0.05, 0) is 70.2 Å². The SMILES string of the molecule is Cn1c2c(O[C@H]3c4c(ccc5ccc(=O)oc45)OC(C)(C)[C@H]3O)cccc2c(=O)c2c(O)cc3c(c21)C=CC(C)(C)O3. The second-order valence-corrected chi connectivity index (χ2v) is 11.9. The summed E-state index contributed by atoms with van der Waals surface area (Å²) >= 11 is 0. The van der Waals surface area contributed by atoms with Gasteiger partial charge >= 0.3 is 5.63 Å². The number of aryl methyl sites for hydroxylation is 1. The Bertz CT molecular complexity index is 2120. The summed E-state index contributed by atoms with van der Waals surface area (Å²) in [7, 11) is 1.79. The van der Waals surface area contributed by atoms with Crippen molar-refractivity contribution in [1.82, 2.24) is 4.57 Å². The number of aliphatic hydroxyl groups is 1. The normalized spacial score (nSPS) is 20.1. The maximum absolute atomic E-state index is 13.9. The average Bonchev–Trinajstić information content (AvgIpc) is 2.92. The molecule has 2 atom stereocenters. The lowest BCUT2D eigenvalue weighted by Gasteiger charge is -2.41. The number of para-hydroxylation sites is 1. The van der Waals surface area contributed by atoms with Crippen molar-refractivity contribution in [3.8, 4) is 23.0 Å². The molecule has 0 bridgehead atoms. The number of phenols is 1. The minimum Gasteiger partial charge on any atom is -0.507 e. The molecule has 5 aromatic rings. The highest BCUT2D eigenvalue weighted by Gasteiger charge is 2.46. The number of aliphatic hydroxyl groups excluding tert-OH is 1. The molecule has 2 N–H and O–H groups in total. The quantitative estimate of drug-likeness (QED) is 0.217. The average molecular weight is 568 g/mol. The van der Waals surface area contributed by atoms with E-state index in [2.05, 4.69) is 0 Å². The van der Waals surface area contributed by atoms with Crippen LogP contribution in [0.4, 0.5) is 0 Å². The lowest BCUT2D eigenvalue weighted by molar-refractivity contribution is -0.102. The van der Waals surface area contributed by atoms with Gasteiger partial charge in [0.05, 0.1) is 27.4 Å². The summed E-state index contributed by atoms with van der Waals surface area (Å²) < 4.78 is 26.3. The summed E-state index contributed by atoms with van der Waals surface area (Å²) in [5, 5.41) is 23.7. The Balaban J connectivity index is 1.50. The summed E-state index contributed by atoms with van der Waals surface area (Å²) in [5.74, 6) is 1.01. The third kappa shape index (κ3) is 3.73. The molecule has 0 fully saturated rings. The molecular weight excluding hydrogens is 538 g/mol. The van der Waals surface area contributed by atoms with Crippen molar-refractivity contribution >= 4 is 38.9 Å². The molecule has 0 saturated heterocycles. The molecule has 7 rings (SSSR count). The fraction of sp³-hybridized carbons (Fsp3) is 0.273. The molecule has 3 aromatic carbocycles. The largest absolute Gasteiger partial charge is 0.507 e. The molecule has 9 nitrogen and oxygen atoms in total. The van der Waals surface area contributed by atoms with Crippen LogP contribution < -0.4 is 25.3 Å². The molecule has 0 aliphatic carbocycles. The first-order valence-corrected chi connectivity index (χ1v) is 13.7. The fourth-order valence-electron chi connectivity index (χ4n) is 6.08. The third-order valence-corrected chi connectivity index (χ3v) is 8.15. The number of ether oxygens (including phenoxy) is 3. The molecule has 0 unspecified atom stereocenters. The number of hydrogen-bond donors (Lipinski definition) is 2. The smallest absolute Gasteiger partial charge is 0.336 e. The van der Waals surface area contributed by atoms with E-state index in [0.717, 1.165) is 0 Å². The van der Waals surface area contributed by atoms with Crippen LogP contribution in [0.25, 0.3) is 38.9 Å². The van der Waals surface area contributed by atoms with Crippen molar-refractivity contribution in [2.24, 2.45) is 7.05 Å². The Kier molecular flexibility index (Phi) is 5.37. The van der Waals surface area contributed by atoms with Gasteiger partial charge in [0.2, 0.25) is 5.43 Å². The molecule has 42 heavy (non-hydrogen) atoms. The summed E-state index contributed by atoms with van der Waals surface area (Å²) in [6.07, 6.45) is 1.60. The third-order valence-electron chi connectivity index (χ3n) is 8.15. The predicted molar refractivity (Wildman–Crippen MR) is 159 cm³/mol. The fourth-order valence-corrected chi connectivity index (χ4v) is 6.08. The highest BCUT2D eigenvalue weighted by Crippen LogP contribution is 2.47. The van der Waals surface area contributed by atoms with Gasteiger partial charge in [-0.2, -0.15) is 0 Å². The minimum absolute atomic E-state index is 0.166. The number of phenolic OH excluding ortho intramolecular Hbond substituents is 1. The van der Waals surface area contributed by atoms with E-state index in [-0.39, 0.29) is 22.1 Å². The molecular formula is C33H29NO8. The van der Waals surface area contributed by atoms with E-state index < -0.39 is 29.0 Å². The van der Waals surface area contributed by atoms with Crippen molar-refractivity contribution in [2.75, 3.05) is 0 Å². The van der Waals surface area contributed by atoms with E-state index in [9.17, 15) is 19.8 Å². The Morgan fingerprint density at radius 1 is 0.952 bits per heavy atom. The lowest BCUT2D eigenvalue weighted by atomic mass is 9.87. The van der Waals surface area contributed by atoms with E-state index in [1.165, 1.54) is 12.1 Å². The number of benzene rings is 3. The van der Waals surface area contributed by atoms with E-state index in [0.29, 0.717) is 50.2 Å². The topological polar surface area (TPSA) is 120 Å². The Morgan fingerprint density at radius 2 is 1.71 bits per heavy atom. The summed E-state index contributed by atoms with van der Waals surface area (Å²) in [6.45, 7) is 7.31. The maximum Gasteiger partial charge on any atom is 0.336 e. The lowest BCUT2D eigenvalue weighted by Crippen LogP contribution is -2.50. The van der Waals surface area contributed by atoms with Crippen molar-refractivity contribution in [1.29, 1.82) is 0 Å². The first-order valence-electron chi connectivity index (χ1n) is 13.7. The molecule has 2 aromatic heterocycles. The van der Waals surface area contributed by atoms with Crippen molar-refractivity contribution in [2.45, 2.75) is 51.1 Å². The summed E-state index contributed by atoms with van der Waals surface area (Å²) in [6, 6.07) is 13.1. The molecule has 0 saturated carbocycles. The van der Waals surface area contributed by atoms with Crippen LogP contribution in [0.3, 0.4) is 0 Å². The number of rotatable bonds is 2. The van der Waals surface area contributed by atoms with Gasteiger partial charge in [0.15, 0.2) is 6.10 Å². The number of aromatic nitrogens is 1. The molecule has 9 heteroatoms. The van der Waals surface area contributed by atoms with Crippen LogP contribution in [0, 0.1) is 0 Å². The van der Waals surface area contributed by atoms with Gasteiger partial charge in [0, 0.05) is 30.1 Å². The molecule has 2 aliphatic heterocycles. The summed E-state index contributed by atoms with van der Waals surface area (Å²) in [4.78, 5) is 26.1. The monoisotopic (exact) mass is 567 g/mol. The first kappa shape index (κ1) is 26.2. The van der Waals surface area contributed by atoms with Crippen LogP contribution in [0.1, 0.15) is 44.9 Å². The molecule has 0 amide bonds. The Hall–Kier alpha value is -4.76. The zero-order valence-corrected chi connectivity index (χ0v) is 23.7. The standard InChI is InChI=1S/C33H29NO8/c1-32(2)14-13-17-22(41-32)15-19(35)24-27(17)34(5)26-18(28(24)37)7-6-8-21(26)39-30-25-20(42-33(3,4)31(30)38)11-9-16-10-12-23(36)40-29(16)25/h6-15,30-31,35,38H,1-5H3/t30-,31-/m0/s1. The zero-order chi connectivity index (χ0) is 29.7. The maximum atomic E-state index is 13.9. The highest BCUT2D eigenvalue weighted by atomic mass is 16.5. The van der Waals surface area contributed by atoms with Gasteiger partial charge in [0.1, 0.15) is 45.9 Å². The van der Waals surface area contributed by atoms with Gasteiger partial charge in [-0.25, -0.2) is 4.79 Å². The van der Waals surface area contributed by atoms with Crippen molar-refractivity contribution < 1.29 is 28.8 Å². The number of aromatic hydroxyl groups is 1. The van der Waals surface area contributed by atoms with Crippen molar-refractivity contribution in [3.63, 3.8) is 0 Å². The molecule has 0 radical (unpaired) electrons. The van der Waals surface area contributed by atoms with E-state index in [1.54, 1.807) is 61.9 Å². The van der Waals surface area contributed by atoms with Crippen LogP contribution in [0.2, 0.25) is 0 Å². The zero-order valence-electron chi connectivity index (χ0n) is 23.7. The second-order valence-electron chi connectivity index (χ2n) is 11.9. The van der Waals surface area contributed by atoms with Crippen LogP contribution in [0.15, 0.2) is 68.6 Å². The first-order chi connectivity index (χ1) is 19.9.